The highest BCUT2D eigenvalue weighted by Crippen LogP contribution is 1.98. The summed E-state index contributed by atoms with van der Waals surface area (Å²) in [4.78, 5) is 33.0. The lowest BCUT2D eigenvalue weighted by Crippen LogP contribution is -2.30. The van der Waals surface area contributed by atoms with Crippen LogP contribution < -0.4 is 10.6 Å². The van der Waals surface area contributed by atoms with Crippen LogP contribution in [0.2, 0.25) is 0 Å². The maximum absolute atomic E-state index is 11.6. The minimum absolute atomic E-state index is 0.183. The van der Waals surface area contributed by atoms with Crippen LogP contribution in [0, 0.1) is 0 Å². The fraction of sp³-hybridized carbons (Fsp3) is 0.308. The molecule has 0 aromatic heterocycles. The van der Waals surface area contributed by atoms with Gasteiger partial charge in [-0.25, -0.2) is 0 Å². The molecule has 0 heterocycles. The Bertz CT molecular complexity index is 445. The maximum Gasteiger partial charge on any atom is 0.322 e. The molecule has 0 fully saturated rings. The summed E-state index contributed by atoms with van der Waals surface area (Å²) in [5.74, 6) is -1.60. The van der Waals surface area contributed by atoms with Crippen molar-refractivity contribution in [2.24, 2.45) is 0 Å². The molecule has 6 heteroatoms. The number of nitrogens with one attached hydrogen (secondary N) is 2. The van der Waals surface area contributed by atoms with Crippen molar-refractivity contribution < 1.29 is 19.5 Å². The molecule has 0 bridgehead atoms. The smallest absolute Gasteiger partial charge is 0.322 e. The lowest BCUT2D eigenvalue weighted by molar-refractivity contribution is -0.137. The fourth-order valence-electron chi connectivity index (χ4n) is 1.41. The highest BCUT2D eigenvalue weighted by molar-refractivity contribution is 5.94. The second kappa shape index (κ2) is 7.86. The van der Waals surface area contributed by atoms with Crippen molar-refractivity contribution in [1.82, 2.24) is 10.6 Å². The SMILES string of the molecule is O=C(O)CNC(=O)CCCNC(=O)c1ccccc1. The van der Waals surface area contributed by atoms with Crippen molar-refractivity contribution in [3.63, 3.8) is 0 Å². The van der Waals surface area contributed by atoms with Gasteiger partial charge in [-0.1, -0.05) is 18.2 Å². The number of hydrogen-bond acceptors (Lipinski definition) is 3. The van der Waals surface area contributed by atoms with Crippen molar-refractivity contribution in [1.29, 1.82) is 0 Å². The van der Waals surface area contributed by atoms with E-state index in [9.17, 15) is 14.4 Å². The Hall–Kier alpha value is -2.37. The number of carboxylic acid groups (broad SMARTS) is 1. The third-order valence-corrected chi connectivity index (χ3v) is 2.34. The molecule has 0 unspecified atom stereocenters. The number of rotatable bonds is 7. The Morgan fingerprint density at radius 1 is 1.05 bits per heavy atom. The number of aliphatic carboxylic acids is 1. The first-order valence-electron chi connectivity index (χ1n) is 5.91. The zero-order valence-electron chi connectivity index (χ0n) is 10.4. The fourth-order valence-corrected chi connectivity index (χ4v) is 1.41. The van der Waals surface area contributed by atoms with E-state index in [-0.39, 0.29) is 24.8 Å². The van der Waals surface area contributed by atoms with Gasteiger partial charge < -0.3 is 15.7 Å². The van der Waals surface area contributed by atoms with Gasteiger partial charge in [0.15, 0.2) is 0 Å². The zero-order chi connectivity index (χ0) is 14.1. The molecule has 0 aliphatic carbocycles. The summed E-state index contributed by atoms with van der Waals surface area (Å²) in [6.45, 7) is -0.0105. The van der Waals surface area contributed by atoms with Gasteiger partial charge in [-0.2, -0.15) is 0 Å². The number of carbonyl (C=O) groups excluding carboxylic acids is 2. The molecule has 0 aliphatic rings. The summed E-state index contributed by atoms with van der Waals surface area (Å²) in [5, 5.41) is 13.3. The van der Waals surface area contributed by atoms with E-state index in [1.54, 1.807) is 24.3 Å². The topological polar surface area (TPSA) is 95.5 Å². The molecular weight excluding hydrogens is 248 g/mol. The second-order valence-corrected chi connectivity index (χ2v) is 3.90. The number of carboxylic acids is 1. The Balaban J connectivity index is 2.16. The average Bonchev–Trinajstić information content (AvgIpc) is 2.42. The van der Waals surface area contributed by atoms with E-state index in [1.807, 2.05) is 6.07 Å². The van der Waals surface area contributed by atoms with E-state index < -0.39 is 5.97 Å². The standard InChI is InChI=1S/C13H16N2O4/c16-11(15-9-12(17)18)7-4-8-14-13(19)10-5-2-1-3-6-10/h1-3,5-6H,4,7-9H2,(H,14,19)(H,15,16)(H,17,18). The maximum atomic E-state index is 11.6. The van der Waals surface area contributed by atoms with Gasteiger partial charge >= 0.3 is 5.97 Å². The average molecular weight is 264 g/mol. The molecule has 0 radical (unpaired) electrons. The Kier molecular flexibility index (Phi) is 6.08. The molecule has 1 aromatic rings. The molecular formula is C13H16N2O4. The first-order chi connectivity index (χ1) is 9.09. The summed E-state index contributed by atoms with van der Waals surface area (Å²) in [6, 6.07) is 8.77. The van der Waals surface area contributed by atoms with Crippen molar-refractivity contribution in [2.45, 2.75) is 12.8 Å². The quantitative estimate of drug-likeness (QED) is 0.621. The first kappa shape index (κ1) is 14.7. The molecule has 102 valence electrons. The number of amides is 2. The predicted molar refractivity (Wildman–Crippen MR) is 68.7 cm³/mol. The van der Waals surface area contributed by atoms with Crippen LogP contribution in [0.1, 0.15) is 23.2 Å². The van der Waals surface area contributed by atoms with Gasteiger partial charge in [-0.3, -0.25) is 14.4 Å². The van der Waals surface area contributed by atoms with Crippen molar-refractivity contribution in [3.8, 4) is 0 Å². The number of benzene rings is 1. The molecule has 19 heavy (non-hydrogen) atoms. The molecule has 0 saturated heterocycles. The second-order valence-electron chi connectivity index (χ2n) is 3.90. The Morgan fingerprint density at radius 3 is 2.37 bits per heavy atom. The van der Waals surface area contributed by atoms with Crippen LogP contribution in [-0.2, 0) is 9.59 Å². The number of carbonyl (C=O) groups is 3. The minimum Gasteiger partial charge on any atom is -0.480 e. The largest absolute Gasteiger partial charge is 0.480 e. The summed E-state index contributed by atoms with van der Waals surface area (Å²) in [5.41, 5.74) is 0.567. The van der Waals surface area contributed by atoms with Gasteiger partial charge in [0.1, 0.15) is 6.54 Å². The summed E-state index contributed by atoms with van der Waals surface area (Å²) >= 11 is 0. The molecule has 6 nitrogen and oxygen atoms in total. The third kappa shape index (κ3) is 6.21. The van der Waals surface area contributed by atoms with E-state index in [0.29, 0.717) is 18.5 Å². The number of hydrogen-bond donors (Lipinski definition) is 3. The molecule has 3 N–H and O–H groups in total. The van der Waals surface area contributed by atoms with E-state index in [0.717, 1.165) is 0 Å². The van der Waals surface area contributed by atoms with Gasteiger partial charge in [0, 0.05) is 18.5 Å². The van der Waals surface area contributed by atoms with E-state index in [2.05, 4.69) is 10.6 Å². The highest BCUT2D eigenvalue weighted by Gasteiger charge is 2.05. The highest BCUT2D eigenvalue weighted by atomic mass is 16.4. The van der Waals surface area contributed by atoms with E-state index in [1.165, 1.54) is 0 Å². The molecule has 0 atom stereocenters. The van der Waals surface area contributed by atoms with Gasteiger partial charge in [0.2, 0.25) is 5.91 Å². The van der Waals surface area contributed by atoms with Crippen LogP contribution >= 0.6 is 0 Å². The van der Waals surface area contributed by atoms with Crippen LogP contribution in [-0.4, -0.2) is 36.0 Å². The molecule has 0 aliphatic heterocycles. The van der Waals surface area contributed by atoms with Crippen molar-refractivity contribution in [2.75, 3.05) is 13.1 Å². The third-order valence-electron chi connectivity index (χ3n) is 2.34. The van der Waals surface area contributed by atoms with Crippen molar-refractivity contribution >= 4 is 17.8 Å². The molecule has 2 amide bonds. The summed E-state index contributed by atoms with van der Waals surface area (Å²) < 4.78 is 0. The van der Waals surface area contributed by atoms with Gasteiger partial charge in [-0.15, -0.1) is 0 Å². The lowest BCUT2D eigenvalue weighted by atomic mass is 10.2. The molecule has 1 rings (SSSR count). The lowest BCUT2D eigenvalue weighted by Gasteiger charge is -2.05. The monoisotopic (exact) mass is 264 g/mol. The van der Waals surface area contributed by atoms with Crippen LogP contribution in [0.4, 0.5) is 0 Å². The minimum atomic E-state index is -1.08. The van der Waals surface area contributed by atoms with Gasteiger partial charge in [-0.05, 0) is 18.6 Å². The Labute approximate surface area is 110 Å². The van der Waals surface area contributed by atoms with Crippen LogP contribution in [0.15, 0.2) is 30.3 Å². The van der Waals surface area contributed by atoms with Gasteiger partial charge in [0.25, 0.3) is 5.91 Å². The van der Waals surface area contributed by atoms with E-state index >= 15 is 0 Å². The van der Waals surface area contributed by atoms with Crippen LogP contribution in [0.3, 0.4) is 0 Å². The molecule has 0 saturated carbocycles. The molecule has 0 spiro atoms. The Morgan fingerprint density at radius 2 is 1.74 bits per heavy atom. The molecule has 1 aromatic carbocycles. The predicted octanol–water partition coefficient (Wildman–Crippen LogP) is 0.397. The van der Waals surface area contributed by atoms with Crippen LogP contribution in [0.5, 0.6) is 0 Å². The van der Waals surface area contributed by atoms with E-state index in [4.69, 9.17) is 5.11 Å². The van der Waals surface area contributed by atoms with Gasteiger partial charge in [0.05, 0.1) is 0 Å². The zero-order valence-corrected chi connectivity index (χ0v) is 10.4. The summed E-state index contributed by atoms with van der Waals surface area (Å²) in [7, 11) is 0. The van der Waals surface area contributed by atoms with Crippen LogP contribution in [0.25, 0.3) is 0 Å². The van der Waals surface area contributed by atoms with Crippen molar-refractivity contribution in [3.05, 3.63) is 35.9 Å². The summed E-state index contributed by atoms with van der Waals surface area (Å²) in [6.07, 6.45) is 0.645. The normalized spacial score (nSPS) is 9.68. The first-order valence-corrected chi connectivity index (χ1v) is 5.91.